The minimum atomic E-state index is 1.07. The average Bonchev–Trinajstić information content (AvgIpc) is 2.79. The maximum atomic E-state index is 2.43. The minimum Gasteiger partial charge on any atom is -0.0654 e. The second kappa shape index (κ2) is 14.2. The Balaban J connectivity index is 1.30. The predicted octanol–water partition coefficient (Wildman–Crippen LogP) is 10.3. The zero-order chi connectivity index (χ0) is 21.0. The van der Waals surface area contributed by atoms with Gasteiger partial charge in [0, 0.05) is 0 Å². The largest absolute Gasteiger partial charge is 0.0654 e. The fourth-order valence-corrected chi connectivity index (χ4v) is 7.68. The molecule has 3 aliphatic rings. The second-order valence-electron chi connectivity index (χ2n) is 12.0. The van der Waals surface area contributed by atoms with Crippen molar-refractivity contribution < 1.29 is 0 Å². The summed E-state index contributed by atoms with van der Waals surface area (Å²) in [6.45, 7) is 4.77. The van der Waals surface area contributed by atoms with Crippen LogP contribution < -0.4 is 0 Å². The molecule has 30 heavy (non-hydrogen) atoms. The van der Waals surface area contributed by atoms with Crippen LogP contribution in [0.2, 0.25) is 0 Å². The maximum absolute atomic E-state index is 2.43. The van der Waals surface area contributed by atoms with E-state index in [9.17, 15) is 0 Å². The summed E-state index contributed by atoms with van der Waals surface area (Å²) in [5, 5.41) is 0. The lowest BCUT2D eigenvalue weighted by Crippen LogP contribution is -2.25. The zero-order valence-corrected chi connectivity index (χ0v) is 21.0. The van der Waals surface area contributed by atoms with Crippen molar-refractivity contribution in [1.29, 1.82) is 0 Å². The number of rotatable bonds is 12. The summed E-state index contributed by atoms with van der Waals surface area (Å²) < 4.78 is 0. The molecule has 0 radical (unpaired) electrons. The molecular formula is C30H56. The van der Waals surface area contributed by atoms with Gasteiger partial charge in [0.1, 0.15) is 0 Å². The van der Waals surface area contributed by atoms with E-state index in [2.05, 4.69) is 13.8 Å². The topological polar surface area (TPSA) is 0 Å². The molecule has 0 aromatic rings. The lowest BCUT2D eigenvalue weighted by atomic mass is 9.69. The molecule has 176 valence electrons. The van der Waals surface area contributed by atoms with Crippen LogP contribution in [-0.4, -0.2) is 0 Å². The van der Waals surface area contributed by atoms with Gasteiger partial charge in [0.15, 0.2) is 0 Å². The number of unbranched alkanes of at least 4 members (excludes halogenated alkanes) is 2. The van der Waals surface area contributed by atoms with Crippen molar-refractivity contribution in [2.45, 2.75) is 155 Å². The molecule has 3 aliphatic carbocycles. The van der Waals surface area contributed by atoms with Crippen molar-refractivity contribution >= 4 is 0 Å². The van der Waals surface area contributed by atoms with Crippen molar-refractivity contribution in [3.63, 3.8) is 0 Å². The Labute approximate surface area is 190 Å². The first-order chi connectivity index (χ1) is 14.8. The minimum absolute atomic E-state index is 1.07. The molecule has 0 amide bonds. The van der Waals surface area contributed by atoms with E-state index in [-0.39, 0.29) is 0 Å². The van der Waals surface area contributed by atoms with E-state index in [1.807, 2.05) is 0 Å². The fourth-order valence-electron chi connectivity index (χ4n) is 7.68. The van der Waals surface area contributed by atoms with Crippen LogP contribution in [-0.2, 0) is 0 Å². The van der Waals surface area contributed by atoms with E-state index in [0.717, 1.165) is 35.5 Å². The maximum Gasteiger partial charge on any atom is -0.0383 e. The van der Waals surface area contributed by atoms with E-state index >= 15 is 0 Å². The van der Waals surface area contributed by atoms with Crippen LogP contribution in [0.15, 0.2) is 0 Å². The first-order valence-electron chi connectivity index (χ1n) is 14.8. The van der Waals surface area contributed by atoms with Gasteiger partial charge in [-0.1, -0.05) is 136 Å². The van der Waals surface area contributed by atoms with Gasteiger partial charge in [-0.25, -0.2) is 0 Å². The van der Waals surface area contributed by atoms with Crippen LogP contribution in [0.3, 0.4) is 0 Å². The molecule has 0 aromatic carbocycles. The van der Waals surface area contributed by atoms with Crippen LogP contribution in [0.25, 0.3) is 0 Å². The third kappa shape index (κ3) is 8.50. The van der Waals surface area contributed by atoms with Crippen molar-refractivity contribution in [2.24, 2.45) is 35.5 Å². The smallest absolute Gasteiger partial charge is 0.0383 e. The van der Waals surface area contributed by atoms with E-state index in [0.29, 0.717) is 0 Å². The average molecular weight is 417 g/mol. The zero-order valence-electron chi connectivity index (χ0n) is 21.0. The molecule has 0 heterocycles. The predicted molar refractivity (Wildman–Crippen MR) is 134 cm³/mol. The SMILES string of the molecule is CCCCC[C@H]1CC[C@H](CC[C@H]2CC[C@H](C(CCC)CC3CCCCC3)CC2)CC1. The van der Waals surface area contributed by atoms with Gasteiger partial charge in [-0.3, -0.25) is 0 Å². The van der Waals surface area contributed by atoms with Gasteiger partial charge < -0.3 is 0 Å². The molecule has 3 saturated carbocycles. The van der Waals surface area contributed by atoms with Gasteiger partial charge >= 0.3 is 0 Å². The van der Waals surface area contributed by atoms with Crippen LogP contribution in [0, 0.1) is 35.5 Å². The normalized spacial score (nSPS) is 32.2. The summed E-state index contributed by atoms with van der Waals surface area (Å²) >= 11 is 0. The van der Waals surface area contributed by atoms with Crippen LogP contribution in [0.5, 0.6) is 0 Å². The number of hydrogen-bond donors (Lipinski definition) is 0. The summed E-state index contributed by atoms with van der Waals surface area (Å²) in [5.74, 6) is 6.50. The summed E-state index contributed by atoms with van der Waals surface area (Å²) in [7, 11) is 0. The van der Waals surface area contributed by atoms with E-state index in [4.69, 9.17) is 0 Å². The Morgan fingerprint density at radius 2 is 1.10 bits per heavy atom. The standard InChI is InChI=1S/C30H56/c1-3-5-7-11-25-14-16-26(17-15-25)18-19-27-20-22-29(23-21-27)30(10-4-2)24-28-12-8-6-9-13-28/h25-30H,3-24H2,1-2H3/t25-,26-,27-,29-,30?. The summed E-state index contributed by atoms with van der Waals surface area (Å²) in [6.07, 6.45) is 33.7. The Bertz CT molecular complexity index is 404. The molecule has 0 bridgehead atoms. The lowest BCUT2D eigenvalue weighted by Gasteiger charge is -2.37. The molecule has 0 nitrogen and oxygen atoms in total. The highest BCUT2D eigenvalue weighted by molar-refractivity contribution is 4.82. The Kier molecular flexibility index (Phi) is 11.7. The molecule has 0 spiro atoms. The molecule has 0 aromatic heterocycles. The Hall–Kier alpha value is 0. The highest BCUT2D eigenvalue weighted by Gasteiger charge is 2.30. The molecule has 0 heteroatoms. The van der Waals surface area contributed by atoms with E-state index in [1.165, 1.54) is 57.8 Å². The van der Waals surface area contributed by atoms with Crippen molar-refractivity contribution in [3.05, 3.63) is 0 Å². The Morgan fingerprint density at radius 3 is 1.67 bits per heavy atom. The van der Waals surface area contributed by atoms with Gasteiger partial charge in [-0.2, -0.15) is 0 Å². The molecular weight excluding hydrogens is 360 g/mol. The van der Waals surface area contributed by atoms with Gasteiger partial charge in [-0.05, 0) is 54.8 Å². The summed E-state index contributed by atoms with van der Waals surface area (Å²) in [4.78, 5) is 0. The van der Waals surface area contributed by atoms with Gasteiger partial charge in [0.25, 0.3) is 0 Å². The quantitative estimate of drug-likeness (QED) is 0.277. The van der Waals surface area contributed by atoms with Crippen molar-refractivity contribution in [3.8, 4) is 0 Å². The third-order valence-corrected chi connectivity index (χ3v) is 9.74. The van der Waals surface area contributed by atoms with Crippen LogP contribution >= 0.6 is 0 Å². The Morgan fingerprint density at radius 1 is 0.533 bits per heavy atom. The van der Waals surface area contributed by atoms with Crippen LogP contribution in [0.1, 0.15) is 155 Å². The first-order valence-corrected chi connectivity index (χ1v) is 14.8. The van der Waals surface area contributed by atoms with Crippen LogP contribution in [0.4, 0.5) is 0 Å². The van der Waals surface area contributed by atoms with Crippen molar-refractivity contribution in [2.75, 3.05) is 0 Å². The molecule has 1 atom stereocenters. The second-order valence-corrected chi connectivity index (χ2v) is 12.0. The highest BCUT2D eigenvalue weighted by atomic mass is 14.4. The monoisotopic (exact) mass is 416 g/mol. The molecule has 0 N–H and O–H groups in total. The molecule has 1 unspecified atom stereocenters. The highest BCUT2D eigenvalue weighted by Crippen LogP contribution is 2.42. The van der Waals surface area contributed by atoms with Crippen molar-refractivity contribution in [1.82, 2.24) is 0 Å². The first kappa shape index (κ1) is 24.6. The molecule has 3 rings (SSSR count). The molecule has 0 aliphatic heterocycles. The fraction of sp³-hybridized carbons (Fsp3) is 1.00. The summed E-state index contributed by atoms with van der Waals surface area (Å²) in [6, 6.07) is 0. The van der Waals surface area contributed by atoms with Gasteiger partial charge in [-0.15, -0.1) is 0 Å². The molecule has 0 saturated heterocycles. The van der Waals surface area contributed by atoms with E-state index in [1.54, 1.807) is 83.5 Å². The van der Waals surface area contributed by atoms with E-state index < -0.39 is 0 Å². The third-order valence-electron chi connectivity index (χ3n) is 9.74. The van der Waals surface area contributed by atoms with Gasteiger partial charge in [0.05, 0.1) is 0 Å². The number of hydrogen-bond acceptors (Lipinski definition) is 0. The lowest BCUT2D eigenvalue weighted by molar-refractivity contribution is 0.147. The molecule has 3 fully saturated rings. The summed E-state index contributed by atoms with van der Waals surface area (Å²) in [5.41, 5.74) is 0. The van der Waals surface area contributed by atoms with Gasteiger partial charge in [0.2, 0.25) is 0 Å².